The molecule has 0 saturated carbocycles. The number of hydrogen-bond acceptors (Lipinski definition) is 4. The molecule has 0 amide bonds. The van der Waals surface area contributed by atoms with Crippen LogP contribution < -0.4 is 5.56 Å². The summed E-state index contributed by atoms with van der Waals surface area (Å²) in [7, 11) is 0. The van der Waals surface area contributed by atoms with Crippen molar-refractivity contribution >= 4 is 10.9 Å². The van der Waals surface area contributed by atoms with E-state index in [4.69, 9.17) is 4.52 Å². The van der Waals surface area contributed by atoms with E-state index in [1.54, 1.807) is 24.3 Å². The molecular formula is C24H21N3O2. The molecule has 0 atom stereocenters. The summed E-state index contributed by atoms with van der Waals surface area (Å²) in [4.78, 5) is 15.9. The number of benzene rings is 2. The fourth-order valence-corrected chi connectivity index (χ4v) is 3.52. The third-order valence-corrected chi connectivity index (χ3v) is 5.06. The molecule has 29 heavy (non-hydrogen) atoms. The Kier molecular flexibility index (Phi) is 4.35. The van der Waals surface area contributed by atoms with Crippen molar-refractivity contribution in [3.8, 4) is 28.5 Å². The first kappa shape index (κ1) is 18.7. The third-order valence-electron chi connectivity index (χ3n) is 5.06. The van der Waals surface area contributed by atoms with Crippen molar-refractivity contribution < 1.29 is 4.52 Å². The maximum absolute atomic E-state index is 13.0. The van der Waals surface area contributed by atoms with Crippen LogP contribution in [0.15, 0.2) is 57.8 Å². The highest BCUT2D eigenvalue weighted by Crippen LogP contribution is 2.36. The van der Waals surface area contributed by atoms with Gasteiger partial charge in [0.25, 0.3) is 5.56 Å². The standard InChI is InChI=1S/C24H21N3O2/c1-14-11-20(29-27-14)22-21(16-6-8-17(9-7-16)24(2,3)4)18-12-15(13-25)5-10-19(18)26-23(22)28/h5-12H,1-4H3,(H,26,28). The molecular weight excluding hydrogens is 362 g/mol. The van der Waals surface area contributed by atoms with Crippen LogP contribution in [0.2, 0.25) is 0 Å². The van der Waals surface area contributed by atoms with Gasteiger partial charge in [-0.2, -0.15) is 5.26 Å². The quantitative estimate of drug-likeness (QED) is 0.507. The molecule has 5 heteroatoms. The Hall–Kier alpha value is -3.65. The highest BCUT2D eigenvalue weighted by Gasteiger charge is 2.21. The zero-order valence-corrected chi connectivity index (χ0v) is 16.8. The maximum Gasteiger partial charge on any atom is 0.260 e. The third kappa shape index (κ3) is 3.34. The molecule has 4 rings (SSSR count). The summed E-state index contributed by atoms with van der Waals surface area (Å²) in [6.45, 7) is 8.29. The minimum atomic E-state index is -0.256. The molecule has 0 aliphatic heterocycles. The summed E-state index contributed by atoms with van der Waals surface area (Å²) >= 11 is 0. The number of aromatic amines is 1. The normalized spacial score (nSPS) is 11.6. The van der Waals surface area contributed by atoms with E-state index in [2.05, 4.69) is 49.1 Å². The van der Waals surface area contributed by atoms with Crippen LogP contribution in [-0.4, -0.2) is 10.1 Å². The molecule has 1 N–H and O–H groups in total. The van der Waals surface area contributed by atoms with Crippen LogP contribution >= 0.6 is 0 Å². The number of fused-ring (bicyclic) bond motifs is 1. The minimum Gasteiger partial charge on any atom is -0.356 e. The van der Waals surface area contributed by atoms with E-state index in [0.29, 0.717) is 28.1 Å². The summed E-state index contributed by atoms with van der Waals surface area (Å²) in [6, 6.07) is 17.4. The van der Waals surface area contributed by atoms with Crippen molar-refractivity contribution in [2.45, 2.75) is 33.1 Å². The van der Waals surface area contributed by atoms with Gasteiger partial charge in [-0.3, -0.25) is 4.79 Å². The van der Waals surface area contributed by atoms with Gasteiger partial charge in [0.1, 0.15) is 0 Å². The Balaban J connectivity index is 2.08. The van der Waals surface area contributed by atoms with Gasteiger partial charge in [0.15, 0.2) is 5.76 Å². The molecule has 0 radical (unpaired) electrons. The van der Waals surface area contributed by atoms with E-state index in [9.17, 15) is 10.1 Å². The number of aryl methyl sites for hydroxylation is 1. The van der Waals surface area contributed by atoms with Gasteiger partial charge >= 0.3 is 0 Å². The first-order valence-electron chi connectivity index (χ1n) is 9.42. The lowest BCUT2D eigenvalue weighted by Gasteiger charge is -2.19. The van der Waals surface area contributed by atoms with E-state index >= 15 is 0 Å². The summed E-state index contributed by atoms with van der Waals surface area (Å²) in [6.07, 6.45) is 0. The van der Waals surface area contributed by atoms with Gasteiger partial charge in [0.05, 0.1) is 22.9 Å². The van der Waals surface area contributed by atoms with Gasteiger partial charge in [0.2, 0.25) is 0 Å². The molecule has 144 valence electrons. The first-order valence-corrected chi connectivity index (χ1v) is 9.42. The minimum absolute atomic E-state index is 0.0214. The second-order valence-electron chi connectivity index (χ2n) is 8.24. The Morgan fingerprint density at radius 1 is 1.03 bits per heavy atom. The lowest BCUT2D eigenvalue weighted by Crippen LogP contribution is -2.12. The fraction of sp³-hybridized carbons (Fsp3) is 0.208. The summed E-state index contributed by atoms with van der Waals surface area (Å²) in [5.41, 5.74) is 4.88. The number of H-pyrrole nitrogens is 1. The molecule has 0 saturated heterocycles. The van der Waals surface area contributed by atoms with Crippen LogP contribution in [0.3, 0.4) is 0 Å². The van der Waals surface area contributed by atoms with Crippen LogP contribution in [0, 0.1) is 18.3 Å². The molecule has 4 aromatic rings. The summed E-state index contributed by atoms with van der Waals surface area (Å²) in [5, 5.41) is 14.1. The molecule has 0 aliphatic carbocycles. The zero-order chi connectivity index (χ0) is 20.8. The van der Waals surface area contributed by atoms with Crippen LogP contribution in [0.1, 0.15) is 37.6 Å². The number of aromatic nitrogens is 2. The Bertz CT molecular complexity index is 1310. The molecule has 0 spiro atoms. The lowest BCUT2D eigenvalue weighted by atomic mass is 9.85. The monoisotopic (exact) mass is 383 g/mol. The SMILES string of the molecule is Cc1cc(-c2c(-c3ccc(C(C)(C)C)cc3)c3cc(C#N)ccc3[nH]c2=O)on1. The van der Waals surface area contributed by atoms with Crippen LogP contribution in [0.4, 0.5) is 0 Å². The van der Waals surface area contributed by atoms with E-state index < -0.39 is 0 Å². The average Bonchev–Trinajstić information content (AvgIpc) is 3.12. The van der Waals surface area contributed by atoms with Gasteiger partial charge in [-0.1, -0.05) is 50.2 Å². The largest absolute Gasteiger partial charge is 0.356 e. The van der Waals surface area contributed by atoms with Crippen LogP contribution in [-0.2, 0) is 5.41 Å². The van der Waals surface area contributed by atoms with Crippen molar-refractivity contribution in [1.29, 1.82) is 5.26 Å². The lowest BCUT2D eigenvalue weighted by molar-refractivity contribution is 0.427. The number of nitrogens with zero attached hydrogens (tertiary/aromatic N) is 2. The van der Waals surface area contributed by atoms with Crippen molar-refractivity contribution in [3.63, 3.8) is 0 Å². The second kappa shape index (κ2) is 6.75. The number of hydrogen-bond donors (Lipinski definition) is 1. The number of nitrogens with one attached hydrogen (secondary N) is 1. The van der Waals surface area contributed by atoms with Gasteiger partial charge in [-0.25, -0.2) is 0 Å². The van der Waals surface area contributed by atoms with E-state index in [1.165, 1.54) is 5.56 Å². The second-order valence-corrected chi connectivity index (χ2v) is 8.24. The molecule has 5 nitrogen and oxygen atoms in total. The van der Waals surface area contributed by atoms with Gasteiger partial charge in [-0.15, -0.1) is 0 Å². The maximum atomic E-state index is 13.0. The van der Waals surface area contributed by atoms with Gasteiger partial charge in [0, 0.05) is 22.5 Å². The number of rotatable bonds is 2. The van der Waals surface area contributed by atoms with E-state index in [-0.39, 0.29) is 11.0 Å². The highest BCUT2D eigenvalue weighted by atomic mass is 16.5. The van der Waals surface area contributed by atoms with Crippen LogP contribution in [0.25, 0.3) is 33.4 Å². The van der Waals surface area contributed by atoms with E-state index in [0.717, 1.165) is 16.5 Å². The van der Waals surface area contributed by atoms with Crippen molar-refractivity contribution in [1.82, 2.24) is 10.1 Å². The van der Waals surface area contributed by atoms with E-state index in [1.807, 2.05) is 19.1 Å². The molecule has 0 aliphatic rings. The Morgan fingerprint density at radius 2 is 1.76 bits per heavy atom. The average molecular weight is 383 g/mol. The highest BCUT2D eigenvalue weighted by molar-refractivity contribution is 6.01. The Labute approximate surface area is 168 Å². The smallest absolute Gasteiger partial charge is 0.260 e. The molecule has 2 aromatic heterocycles. The predicted octanol–water partition coefficient (Wildman–Crippen LogP) is 5.33. The molecule has 0 bridgehead atoms. The topological polar surface area (TPSA) is 82.7 Å². The fourth-order valence-electron chi connectivity index (χ4n) is 3.52. The molecule has 2 heterocycles. The van der Waals surface area contributed by atoms with Gasteiger partial charge < -0.3 is 9.51 Å². The molecule has 0 unspecified atom stereocenters. The number of pyridine rings is 1. The molecule has 2 aromatic carbocycles. The first-order chi connectivity index (χ1) is 13.8. The van der Waals surface area contributed by atoms with Crippen LogP contribution in [0.5, 0.6) is 0 Å². The number of nitriles is 1. The summed E-state index contributed by atoms with van der Waals surface area (Å²) in [5.74, 6) is 0.405. The Morgan fingerprint density at radius 3 is 2.34 bits per heavy atom. The predicted molar refractivity (Wildman–Crippen MR) is 114 cm³/mol. The zero-order valence-electron chi connectivity index (χ0n) is 16.8. The molecule has 0 fully saturated rings. The summed E-state index contributed by atoms with van der Waals surface area (Å²) < 4.78 is 5.44. The van der Waals surface area contributed by atoms with Crippen molar-refractivity contribution in [2.75, 3.05) is 0 Å². The van der Waals surface area contributed by atoms with Crippen molar-refractivity contribution in [3.05, 3.63) is 75.7 Å². The van der Waals surface area contributed by atoms with Gasteiger partial charge in [-0.05, 0) is 41.7 Å². The van der Waals surface area contributed by atoms with Crippen molar-refractivity contribution in [2.24, 2.45) is 0 Å².